The van der Waals surface area contributed by atoms with Crippen LogP contribution in [0.1, 0.15) is 25.0 Å². The summed E-state index contributed by atoms with van der Waals surface area (Å²) in [5.74, 6) is 0. The molecule has 0 aliphatic rings. The maximum Gasteiger partial charge on any atom is 0.102 e. The Hall–Kier alpha value is -1.06. The van der Waals surface area contributed by atoms with Gasteiger partial charge in [-0.1, -0.05) is 19.1 Å². The van der Waals surface area contributed by atoms with Crippen LogP contribution < -0.4 is 4.90 Å². The fraction of sp³-hybridized carbons (Fsp3) is 0.538. The molecule has 0 aliphatic heterocycles. The Bertz CT molecular complexity index is 313. The monoisotopic (exact) mass is 223 g/mol. The molecule has 1 rings (SSSR count). The van der Waals surface area contributed by atoms with Crippen molar-refractivity contribution in [2.24, 2.45) is 0 Å². The zero-order chi connectivity index (χ0) is 12.0. The van der Waals surface area contributed by atoms with Crippen LogP contribution in [0.5, 0.6) is 0 Å². The zero-order valence-electron chi connectivity index (χ0n) is 10.3. The second kappa shape index (κ2) is 6.51. The lowest BCUT2D eigenvalue weighted by molar-refractivity contribution is 0.0364. The van der Waals surface area contributed by atoms with Crippen molar-refractivity contribution in [1.29, 1.82) is 0 Å². The fourth-order valence-corrected chi connectivity index (χ4v) is 1.45. The number of hydrogen-bond donors (Lipinski definition) is 1. The van der Waals surface area contributed by atoms with Crippen LogP contribution in [0, 0.1) is 0 Å². The summed E-state index contributed by atoms with van der Waals surface area (Å²) in [5.41, 5.74) is 1.99. The van der Waals surface area contributed by atoms with Gasteiger partial charge in [-0.2, -0.15) is 0 Å². The first-order valence-electron chi connectivity index (χ1n) is 5.68. The summed E-state index contributed by atoms with van der Waals surface area (Å²) >= 11 is 0. The van der Waals surface area contributed by atoms with Crippen molar-refractivity contribution in [1.82, 2.24) is 0 Å². The molecule has 0 bridgehead atoms. The van der Waals surface area contributed by atoms with Gasteiger partial charge in [0.25, 0.3) is 0 Å². The molecule has 0 heterocycles. The first-order valence-corrected chi connectivity index (χ1v) is 5.68. The Morgan fingerprint density at radius 1 is 1.38 bits per heavy atom. The molecule has 0 spiro atoms. The summed E-state index contributed by atoms with van der Waals surface area (Å²) in [5, 5.41) is 9.91. The number of benzene rings is 1. The molecule has 16 heavy (non-hydrogen) atoms. The zero-order valence-corrected chi connectivity index (χ0v) is 10.3. The van der Waals surface area contributed by atoms with Crippen molar-refractivity contribution in [3.63, 3.8) is 0 Å². The molecule has 1 atom stereocenters. The van der Waals surface area contributed by atoms with Gasteiger partial charge in [-0.15, -0.1) is 0 Å². The second-order valence-electron chi connectivity index (χ2n) is 4.08. The van der Waals surface area contributed by atoms with E-state index >= 15 is 0 Å². The van der Waals surface area contributed by atoms with Crippen LogP contribution in [0.2, 0.25) is 0 Å². The van der Waals surface area contributed by atoms with Gasteiger partial charge in [0.15, 0.2) is 0 Å². The van der Waals surface area contributed by atoms with Crippen LogP contribution in [0.25, 0.3) is 0 Å². The highest BCUT2D eigenvalue weighted by atomic mass is 16.5. The molecule has 0 aromatic heterocycles. The largest absolute Gasteiger partial charge is 0.386 e. The summed E-state index contributed by atoms with van der Waals surface area (Å²) < 4.78 is 5.34. The second-order valence-corrected chi connectivity index (χ2v) is 4.08. The number of anilines is 1. The lowest BCUT2D eigenvalue weighted by atomic mass is 10.1. The molecule has 0 radical (unpaired) electrons. The van der Waals surface area contributed by atoms with Gasteiger partial charge in [0, 0.05) is 26.4 Å². The Balaban J connectivity index is 2.60. The van der Waals surface area contributed by atoms with Crippen molar-refractivity contribution in [2.45, 2.75) is 19.4 Å². The van der Waals surface area contributed by atoms with E-state index in [1.54, 1.807) is 0 Å². The highest BCUT2D eigenvalue weighted by molar-refractivity contribution is 5.47. The standard InChI is InChI=1S/C13H21NO2/c1-4-8-16-10-13(15)11-6-5-7-12(9-11)14(2)3/h5-7,9,13,15H,4,8,10H2,1-3H3. The third kappa shape index (κ3) is 3.83. The lowest BCUT2D eigenvalue weighted by Gasteiger charge is -2.16. The number of aliphatic hydroxyl groups is 1. The van der Waals surface area contributed by atoms with Crippen molar-refractivity contribution in [2.75, 3.05) is 32.2 Å². The first kappa shape index (κ1) is 13.0. The van der Waals surface area contributed by atoms with Crippen LogP contribution in [0.15, 0.2) is 24.3 Å². The van der Waals surface area contributed by atoms with Gasteiger partial charge in [-0.3, -0.25) is 0 Å². The van der Waals surface area contributed by atoms with Crippen LogP contribution in [0.3, 0.4) is 0 Å². The Labute approximate surface area is 97.7 Å². The van der Waals surface area contributed by atoms with Crippen molar-refractivity contribution in [3.8, 4) is 0 Å². The van der Waals surface area contributed by atoms with E-state index < -0.39 is 6.10 Å². The molecule has 90 valence electrons. The Morgan fingerprint density at radius 3 is 2.75 bits per heavy atom. The molecule has 0 saturated heterocycles. The van der Waals surface area contributed by atoms with Gasteiger partial charge in [-0.25, -0.2) is 0 Å². The molecule has 1 aromatic rings. The molecule has 0 amide bonds. The van der Waals surface area contributed by atoms with Crippen molar-refractivity contribution >= 4 is 5.69 Å². The number of rotatable bonds is 6. The Morgan fingerprint density at radius 2 is 2.12 bits per heavy atom. The van der Waals surface area contributed by atoms with E-state index in [1.165, 1.54) is 0 Å². The predicted molar refractivity (Wildman–Crippen MR) is 66.8 cm³/mol. The highest BCUT2D eigenvalue weighted by Crippen LogP contribution is 2.19. The quantitative estimate of drug-likeness (QED) is 0.751. The van der Waals surface area contributed by atoms with Gasteiger partial charge in [0.2, 0.25) is 0 Å². The minimum Gasteiger partial charge on any atom is -0.386 e. The number of nitrogens with zero attached hydrogens (tertiary/aromatic N) is 1. The summed E-state index contributed by atoms with van der Waals surface area (Å²) in [6.45, 7) is 3.12. The van der Waals surface area contributed by atoms with Gasteiger partial charge >= 0.3 is 0 Å². The molecule has 0 fully saturated rings. The van der Waals surface area contributed by atoms with Crippen LogP contribution >= 0.6 is 0 Å². The molecule has 3 nitrogen and oxygen atoms in total. The average molecular weight is 223 g/mol. The molecule has 1 aromatic carbocycles. The summed E-state index contributed by atoms with van der Waals surface area (Å²) in [7, 11) is 3.97. The normalized spacial score (nSPS) is 12.5. The van der Waals surface area contributed by atoms with Gasteiger partial charge < -0.3 is 14.7 Å². The highest BCUT2D eigenvalue weighted by Gasteiger charge is 2.08. The van der Waals surface area contributed by atoms with Crippen molar-refractivity contribution in [3.05, 3.63) is 29.8 Å². The molecule has 3 heteroatoms. The van der Waals surface area contributed by atoms with E-state index in [-0.39, 0.29) is 0 Å². The van der Waals surface area contributed by atoms with E-state index in [9.17, 15) is 5.11 Å². The van der Waals surface area contributed by atoms with E-state index in [0.29, 0.717) is 13.2 Å². The van der Waals surface area contributed by atoms with Crippen LogP contribution in [-0.2, 0) is 4.74 Å². The van der Waals surface area contributed by atoms with E-state index in [0.717, 1.165) is 17.7 Å². The molecule has 0 saturated carbocycles. The van der Waals surface area contributed by atoms with E-state index in [2.05, 4.69) is 6.92 Å². The molecule has 1 unspecified atom stereocenters. The lowest BCUT2D eigenvalue weighted by Crippen LogP contribution is -2.11. The molecule has 1 N–H and O–H groups in total. The predicted octanol–water partition coefficient (Wildman–Crippen LogP) is 2.21. The number of ether oxygens (including phenoxy) is 1. The van der Waals surface area contributed by atoms with Gasteiger partial charge in [0.05, 0.1) is 6.61 Å². The van der Waals surface area contributed by atoms with Crippen LogP contribution in [0.4, 0.5) is 5.69 Å². The van der Waals surface area contributed by atoms with Crippen LogP contribution in [-0.4, -0.2) is 32.4 Å². The molecular weight excluding hydrogens is 202 g/mol. The first-order chi connectivity index (χ1) is 7.65. The topological polar surface area (TPSA) is 32.7 Å². The number of aliphatic hydroxyl groups excluding tert-OH is 1. The summed E-state index contributed by atoms with van der Waals surface area (Å²) in [6.07, 6.45) is 0.441. The summed E-state index contributed by atoms with van der Waals surface area (Å²) in [4.78, 5) is 2.02. The minimum atomic E-state index is -0.536. The maximum absolute atomic E-state index is 9.91. The molecular formula is C13H21NO2. The fourth-order valence-electron chi connectivity index (χ4n) is 1.45. The van der Waals surface area contributed by atoms with E-state index in [1.807, 2.05) is 43.3 Å². The third-order valence-electron chi connectivity index (χ3n) is 2.40. The Kier molecular flexibility index (Phi) is 5.29. The van der Waals surface area contributed by atoms with Crippen molar-refractivity contribution < 1.29 is 9.84 Å². The smallest absolute Gasteiger partial charge is 0.102 e. The molecule has 0 aliphatic carbocycles. The summed E-state index contributed by atoms with van der Waals surface area (Å²) in [6, 6.07) is 7.88. The van der Waals surface area contributed by atoms with E-state index in [4.69, 9.17) is 4.74 Å². The van der Waals surface area contributed by atoms with Gasteiger partial charge in [-0.05, 0) is 24.1 Å². The van der Waals surface area contributed by atoms with Gasteiger partial charge in [0.1, 0.15) is 6.10 Å². The number of hydrogen-bond acceptors (Lipinski definition) is 3. The maximum atomic E-state index is 9.91. The SMILES string of the molecule is CCCOCC(O)c1cccc(N(C)C)c1. The third-order valence-corrected chi connectivity index (χ3v) is 2.40. The minimum absolute atomic E-state index is 0.366. The average Bonchev–Trinajstić information content (AvgIpc) is 2.29.